The summed E-state index contributed by atoms with van der Waals surface area (Å²) in [6.45, 7) is 6.65. The van der Waals surface area contributed by atoms with Crippen molar-refractivity contribution in [1.29, 1.82) is 0 Å². The first-order chi connectivity index (χ1) is 7.70. The maximum atomic E-state index is 12.3. The van der Waals surface area contributed by atoms with Crippen molar-refractivity contribution in [3.05, 3.63) is 35.4 Å². The van der Waals surface area contributed by atoms with Gasteiger partial charge in [-0.15, -0.1) is 12.4 Å². The van der Waals surface area contributed by atoms with Gasteiger partial charge >= 0.3 is 0 Å². The van der Waals surface area contributed by atoms with Gasteiger partial charge in [0.1, 0.15) is 0 Å². The normalized spacial score (nSPS) is 19.6. The second-order valence-corrected chi connectivity index (χ2v) is 4.37. The van der Waals surface area contributed by atoms with Crippen molar-refractivity contribution in [3.63, 3.8) is 0 Å². The number of nitrogens with zero attached hydrogens (tertiary/aromatic N) is 1. The van der Waals surface area contributed by atoms with Crippen molar-refractivity contribution >= 4 is 18.3 Å². The molecule has 1 fully saturated rings. The number of piperazine rings is 1. The van der Waals surface area contributed by atoms with Crippen molar-refractivity contribution < 1.29 is 4.79 Å². The number of carbonyl (C=O) groups is 1. The first kappa shape index (κ1) is 14.0. The molecule has 0 bridgehead atoms. The van der Waals surface area contributed by atoms with Gasteiger partial charge < -0.3 is 10.2 Å². The lowest BCUT2D eigenvalue weighted by molar-refractivity contribution is 0.0655. The van der Waals surface area contributed by atoms with Crippen molar-refractivity contribution in [2.24, 2.45) is 0 Å². The highest BCUT2D eigenvalue weighted by Crippen LogP contribution is 2.13. The fraction of sp³-hybridized carbons (Fsp3) is 0.462. The Morgan fingerprint density at radius 3 is 2.76 bits per heavy atom. The smallest absolute Gasteiger partial charge is 0.254 e. The van der Waals surface area contributed by atoms with Gasteiger partial charge in [-0.05, 0) is 25.5 Å². The van der Waals surface area contributed by atoms with Gasteiger partial charge in [0.05, 0.1) is 0 Å². The Morgan fingerprint density at radius 2 is 2.12 bits per heavy atom. The molecule has 1 aliphatic rings. The van der Waals surface area contributed by atoms with Gasteiger partial charge in [-0.3, -0.25) is 4.79 Å². The standard InChI is InChI=1S/C13H18N2O.ClH/c1-10-5-3-4-6-12(10)13(16)15-8-7-14-9-11(15)2;/h3-6,11,14H,7-9H2,1-2H3;1H/t11-;/m1./s1. The third kappa shape index (κ3) is 2.99. The molecule has 17 heavy (non-hydrogen) atoms. The summed E-state index contributed by atoms with van der Waals surface area (Å²) in [6, 6.07) is 8.06. The molecule has 4 heteroatoms. The maximum absolute atomic E-state index is 12.3. The highest BCUT2D eigenvalue weighted by molar-refractivity contribution is 5.95. The summed E-state index contributed by atoms with van der Waals surface area (Å²) in [5.41, 5.74) is 1.88. The van der Waals surface area contributed by atoms with E-state index in [0.29, 0.717) is 0 Å². The third-order valence-corrected chi connectivity index (χ3v) is 3.14. The number of nitrogens with one attached hydrogen (secondary N) is 1. The molecule has 0 aliphatic carbocycles. The highest BCUT2D eigenvalue weighted by atomic mass is 35.5. The highest BCUT2D eigenvalue weighted by Gasteiger charge is 2.24. The number of halogens is 1. The lowest BCUT2D eigenvalue weighted by atomic mass is 10.1. The van der Waals surface area contributed by atoms with Gasteiger partial charge in [0.25, 0.3) is 5.91 Å². The number of hydrogen-bond acceptors (Lipinski definition) is 2. The average molecular weight is 255 g/mol. The van der Waals surface area contributed by atoms with Gasteiger partial charge in [-0.25, -0.2) is 0 Å². The van der Waals surface area contributed by atoms with E-state index in [4.69, 9.17) is 0 Å². The molecule has 94 valence electrons. The van der Waals surface area contributed by atoms with Crippen LogP contribution < -0.4 is 5.32 Å². The van der Waals surface area contributed by atoms with Crippen LogP contribution in [0.5, 0.6) is 0 Å². The van der Waals surface area contributed by atoms with Crippen LogP contribution in [-0.2, 0) is 0 Å². The quantitative estimate of drug-likeness (QED) is 0.830. The van der Waals surface area contributed by atoms with Gasteiger partial charge in [0, 0.05) is 31.2 Å². The molecule has 1 amide bonds. The van der Waals surface area contributed by atoms with E-state index < -0.39 is 0 Å². The number of carbonyl (C=O) groups excluding carboxylic acids is 1. The first-order valence-corrected chi connectivity index (χ1v) is 5.77. The Morgan fingerprint density at radius 1 is 1.41 bits per heavy atom. The van der Waals surface area contributed by atoms with E-state index in [9.17, 15) is 4.79 Å². The molecule has 0 spiro atoms. The minimum atomic E-state index is 0. The molecule has 3 nitrogen and oxygen atoms in total. The van der Waals surface area contributed by atoms with E-state index in [-0.39, 0.29) is 24.4 Å². The molecular weight excluding hydrogens is 236 g/mol. The van der Waals surface area contributed by atoms with Crippen molar-refractivity contribution in [2.45, 2.75) is 19.9 Å². The predicted octanol–water partition coefficient (Wildman–Crippen LogP) is 1.85. The predicted molar refractivity (Wildman–Crippen MR) is 71.8 cm³/mol. The first-order valence-electron chi connectivity index (χ1n) is 5.77. The van der Waals surface area contributed by atoms with Crippen molar-refractivity contribution in [1.82, 2.24) is 10.2 Å². The van der Waals surface area contributed by atoms with Gasteiger partial charge in [-0.1, -0.05) is 18.2 Å². The molecule has 0 radical (unpaired) electrons. The Hall–Kier alpha value is -1.06. The average Bonchev–Trinajstić information content (AvgIpc) is 2.29. The second kappa shape index (κ2) is 6.03. The minimum absolute atomic E-state index is 0. The molecule has 1 saturated heterocycles. The van der Waals surface area contributed by atoms with Crippen LogP contribution in [0.2, 0.25) is 0 Å². The van der Waals surface area contributed by atoms with E-state index in [1.165, 1.54) is 0 Å². The van der Waals surface area contributed by atoms with Crippen LogP contribution in [0.25, 0.3) is 0 Å². The SMILES string of the molecule is Cc1ccccc1C(=O)N1CCNC[C@H]1C.Cl. The van der Waals surface area contributed by atoms with E-state index in [1.807, 2.05) is 36.1 Å². The number of amides is 1. The van der Waals surface area contributed by atoms with Crippen LogP contribution >= 0.6 is 12.4 Å². The van der Waals surface area contributed by atoms with Crippen LogP contribution in [0.3, 0.4) is 0 Å². The van der Waals surface area contributed by atoms with E-state index in [2.05, 4.69) is 12.2 Å². The van der Waals surface area contributed by atoms with Crippen molar-refractivity contribution in [3.8, 4) is 0 Å². The van der Waals surface area contributed by atoms with Crippen LogP contribution in [0, 0.1) is 6.92 Å². The van der Waals surface area contributed by atoms with Gasteiger partial charge in [0.15, 0.2) is 0 Å². The van der Waals surface area contributed by atoms with Gasteiger partial charge in [0.2, 0.25) is 0 Å². The molecule has 0 unspecified atom stereocenters. The lowest BCUT2D eigenvalue weighted by Crippen LogP contribution is -2.52. The molecule has 0 saturated carbocycles. The number of rotatable bonds is 1. The van der Waals surface area contributed by atoms with E-state index in [1.54, 1.807) is 0 Å². The lowest BCUT2D eigenvalue weighted by Gasteiger charge is -2.34. The molecule has 0 aromatic heterocycles. The largest absolute Gasteiger partial charge is 0.333 e. The summed E-state index contributed by atoms with van der Waals surface area (Å²) in [5, 5.41) is 3.29. The Bertz CT molecular complexity index is 395. The second-order valence-electron chi connectivity index (χ2n) is 4.37. The Balaban J connectivity index is 0.00000144. The molecule has 2 rings (SSSR count). The monoisotopic (exact) mass is 254 g/mol. The zero-order chi connectivity index (χ0) is 11.5. The summed E-state index contributed by atoms with van der Waals surface area (Å²) in [5.74, 6) is 0.159. The Labute approximate surface area is 109 Å². The molecule has 1 aromatic rings. The number of hydrogen-bond donors (Lipinski definition) is 1. The molecule has 1 N–H and O–H groups in total. The molecule has 1 aromatic carbocycles. The summed E-state index contributed by atoms with van der Waals surface area (Å²) < 4.78 is 0. The number of benzene rings is 1. The molecule has 1 heterocycles. The topological polar surface area (TPSA) is 32.3 Å². The van der Waals surface area contributed by atoms with Gasteiger partial charge in [-0.2, -0.15) is 0 Å². The fourth-order valence-corrected chi connectivity index (χ4v) is 2.11. The van der Waals surface area contributed by atoms with Crippen molar-refractivity contribution in [2.75, 3.05) is 19.6 Å². The fourth-order valence-electron chi connectivity index (χ4n) is 2.11. The van der Waals surface area contributed by atoms with E-state index in [0.717, 1.165) is 30.8 Å². The summed E-state index contributed by atoms with van der Waals surface area (Å²) in [7, 11) is 0. The molecular formula is C13H19ClN2O. The number of aryl methyl sites for hydroxylation is 1. The molecule has 1 atom stereocenters. The van der Waals surface area contributed by atoms with Crippen LogP contribution in [0.4, 0.5) is 0 Å². The van der Waals surface area contributed by atoms with Crippen LogP contribution in [0.15, 0.2) is 24.3 Å². The van der Waals surface area contributed by atoms with Crippen LogP contribution in [-0.4, -0.2) is 36.5 Å². The minimum Gasteiger partial charge on any atom is -0.333 e. The molecule has 1 aliphatic heterocycles. The zero-order valence-electron chi connectivity index (χ0n) is 10.3. The summed E-state index contributed by atoms with van der Waals surface area (Å²) in [6.07, 6.45) is 0. The summed E-state index contributed by atoms with van der Waals surface area (Å²) in [4.78, 5) is 14.3. The van der Waals surface area contributed by atoms with Crippen LogP contribution in [0.1, 0.15) is 22.8 Å². The zero-order valence-corrected chi connectivity index (χ0v) is 11.1. The maximum Gasteiger partial charge on any atom is 0.254 e. The third-order valence-electron chi connectivity index (χ3n) is 3.14. The van der Waals surface area contributed by atoms with E-state index >= 15 is 0 Å². The Kier molecular flexibility index (Phi) is 4.97. The summed E-state index contributed by atoms with van der Waals surface area (Å²) >= 11 is 0.